The number of hydrogen-bond donors (Lipinski definition) is 2. The zero-order valence-electron chi connectivity index (χ0n) is 31.2. The number of fused-ring (bicyclic) bond motifs is 1. The van der Waals surface area contributed by atoms with Gasteiger partial charge in [-0.15, -0.1) is 11.3 Å². The van der Waals surface area contributed by atoms with E-state index in [0.717, 1.165) is 32.8 Å². The molecule has 3 aromatic rings. The second kappa shape index (κ2) is 17.3. The summed E-state index contributed by atoms with van der Waals surface area (Å²) in [6.45, 7) is 8.36. The number of alkyl carbamates (subject to hydrolysis) is 1. The molecule has 3 heterocycles. The Balaban J connectivity index is 1.22. The summed E-state index contributed by atoms with van der Waals surface area (Å²) in [6.07, 6.45) is 2.00. The van der Waals surface area contributed by atoms with Crippen LogP contribution in [0.3, 0.4) is 0 Å². The van der Waals surface area contributed by atoms with Gasteiger partial charge in [-0.2, -0.15) is 0 Å². The van der Waals surface area contributed by atoms with Gasteiger partial charge in [0.2, 0.25) is 17.7 Å². The number of carbonyl (C=O) groups excluding carboxylic acids is 6. The molecule has 4 amide bonds. The highest BCUT2D eigenvalue weighted by molar-refractivity contribution is 7.21. The van der Waals surface area contributed by atoms with E-state index in [1.165, 1.54) is 30.5 Å². The fourth-order valence-corrected chi connectivity index (χ4v) is 8.11. The lowest BCUT2D eigenvalue weighted by Gasteiger charge is -2.30. The maximum Gasteiger partial charge on any atom is 0.407 e. The van der Waals surface area contributed by atoms with Crippen LogP contribution in [-0.2, 0) is 39.9 Å². The summed E-state index contributed by atoms with van der Waals surface area (Å²) in [5.41, 5.74) is 3.08. The third-order valence-corrected chi connectivity index (χ3v) is 11.2. The molecule has 0 aliphatic carbocycles. The number of ether oxygens (including phenoxy) is 2. The van der Waals surface area contributed by atoms with Crippen molar-refractivity contribution < 1.29 is 38.2 Å². The number of likely N-dealkylation sites (tertiary alicyclic amines) is 2. The molecule has 0 spiro atoms. The van der Waals surface area contributed by atoms with E-state index in [-0.39, 0.29) is 48.2 Å². The predicted octanol–water partition coefficient (Wildman–Crippen LogP) is 5.21. The van der Waals surface area contributed by atoms with Crippen LogP contribution in [0.2, 0.25) is 0 Å². The van der Waals surface area contributed by atoms with Crippen molar-refractivity contribution in [3.63, 3.8) is 0 Å². The molecular weight excluding hydrogens is 699 g/mol. The molecule has 1 aromatic heterocycles. The number of methoxy groups -OCH3 is 2. The first kappa shape index (κ1) is 39.4. The molecule has 2 fully saturated rings. The highest BCUT2D eigenvalue weighted by atomic mass is 32.1. The number of thiazole rings is 1. The molecule has 0 radical (unpaired) electrons. The summed E-state index contributed by atoms with van der Waals surface area (Å²) in [4.78, 5) is 85.5. The molecule has 53 heavy (non-hydrogen) atoms. The van der Waals surface area contributed by atoms with Crippen molar-refractivity contribution in [3.05, 3.63) is 48.0 Å². The second-order valence-electron chi connectivity index (χ2n) is 14.4. The lowest BCUT2D eigenvalue weighted by molar-refractivity contribution is -0.149. The number of Topliss-reactive ketones (excluding diaryl/α,β-unsaturated/α-hetero) is 1. The Hall–Kier alpha value is -4.85. The van der Waals surface area contributed by atoms with Gasteiger partial charge in [-0.3, -0.25) is 24.0 Å². The summed E-state index contributed by atoms with van der Waals surface area (Å²) in [5.74, 6) is -2.05. The molecule has 2 aliphatic heterocycles. The number of aromatic nitrogens is 1. The van der Waals surface area contributed by atoms with Crippen LogP contribution >= 0.6 is 11.3 Å². The SMILES string of the molecule is COC(=O)C[C@H](C(=O)N1CCC[C@H]1C(=O)Cc1ccc2nc(-c3ccc(NC(=O)[C@@H]4CCCN4C(=O)[C@@H](NC(=O)OC)C(C)C)cc3)sc2c1)C(C)C. The number of hydrogen-bond acceptors (Lipinski definition) is 10. The van der Waals surface area contributed by atoms with Crippen molar-refractivity contribution in [3.8, 4) is 10.6 Å². The normalized spacial score (nSPS) is 18.3. The Morgan fingerprint density at radius 1 is 0.849 bits per heavy atom. The van der Waals surface area contributed by atoms with E-state index >= 15 is 0 Å². The molecule has 14 heteroatoms. The summed E-state index contributed by atoms with van der Waals surface area (Å²) in [7, 11) is 2.55. The number of benzene rings is 2. The maximum atomic E-state index is 13.5. The van der Waals surface area contributed by atoms with E-state index in [1.54, 1.807) is 17.0 Å². The molecule has 0 saturated carbocycles. The van der Waals surface area contributed by atoms with Crippen molar-refractivity contribution >= 4 is 62.8 Å². The number of anilines is 1. The smallest absolute Gasteiger partial charge is 0.407 e. The van der Waals surface area contributed by atoms with Crippen LogP contribution in [0.1, 0.15) is 65.4 Å². The average Bonchev–Trinajstić information content (AvgIpc) is 3.92. The van der Waals surface area contributed by atoms with E-state index in [2.05, 4.69) is 15.4 Å². The molecule has 5 rings (SSSR count). The second-order valence-corrected chi connectivity index (χ2v) is 15.4. The lowest BCUT2D eigenvalue weighted by atomic mass is 9.90. The third kappa shape index (κ3) is 9.21. The van der Waals surface area contributed by atoms with Gasteiger partial charge in [-0.1, -0.05) is 33.8 Å². The van der Waals surface area contributed by atoms with Crippen LogP contribution in [-0.4, -0.2) is 95.8 Å². The topological polar surface area (TPSA) is 164 Å². The summed E-state index contributed by atoms with van der Waals surface area (Å²) in [5, 5.41) is 6.31. The summed E-state index contributed by atoms with van der Waals surface area (Å²) >= 11 is 1.50. The number of rotatable bonds is 13. The fourth-order valence-electron chi connectivity index (χ4n) is 7.07. The monoisotopic (exact) mass is 747 g/mol. The fraction of sp³-hybridized carbons (Fsp3) is 0.513. The highest BCUT2D eigenvalue weighted by Crippen LogP contribution is 2.33. The Labute approximate surface area is 313 Å². The first-order valence-corrected chi connectivity index (χ1v) is 19.0. The molecule has 2 saturated heterocycles. The zero-order valence-corrected chi connectivity index (χ0v) is 32.0. The van der Waals surface area contributed by atoms with E-state index in [4.69, 9.17) is 9.72 Å². The minimum absolute atomic E-state index is 0.00853. The van der Waals surface area contributed by atoms with E-state index < -0.39 is 36.1 Å². The van der Waals surface area contributed by atoms with E-state index in [9.17, 15) is 28.8 Å². The number of amides is 4. The van der Waals surface area contributed by atoms with Crippen molar-refractivity contribution in [2.75, 3.05) is 32.6 Å². The minimum Gasteiger partial charge on any atom is -0.469 e. The van der Waals surface area contributed by atoms with Crippen LogP contribution in [0.15, 0.2) is 42.5 Å². The predicted molar refractivity (Wildman–Crippen MR) is 201 cm³/mol. The van der Waals surface area contributed by atoms with Crippen LogP contribution in [0, 0.1) is 17.8 Å². The molecule has 2 aliphatic rings. The molecular formula is C39H49N5O8S. The van der Waals surface area contributed by atoms with E-state index in [0.29, 0.717) is 38.0 Å². The van der Waals surface area contributed by atoms with Crippen LogP contribution in [0.4, 0.5) is 10.5 Å². The molecule has 13 nitrogen and oxygen atoms in total. The van der Waals surface area contributed by atoms with Gasteiger partial charge in [0.15, 0.2) is 5.78 Å². The Kier molecular flexibility index (Phi) is 12.9. The number of esters is 1. The van der Waals surface area contributed by atoms with Gasteiger partial charge in [0, 0.05) is 30.8 Å². The molecule has 4 atom stereocenters. The Bertz CT molecular complexity index is 1840. The largest absolute Gasteiger partial charge is 0.469 e. The third-order valence-electron chi connectivity index (χ3n) is 10.1. The number of nitrogens with zero attached hydrogens (tertiary/aromatic N) is 3. The van der Waals surface area contributed by atoms with Crippen molar-refractivity contribution in [2.45, 2.75) is 84.3 Å². The number of nitrogens with one attached hydrogen (secondary N) is 2. The summed E-state index contributed by atoms with van der Waals surface area (Å²) < 4.78 is 10.4. The molecule has 0 unspecified atom stereocenters. The van der Waals surface area contributed by atoms with Gasteiger partial charge in [-0.25, -0.2) is 9.78 Å². The van der Waals surface area contributed by atoms with Gasteiger partial charge in [0.05, 0.1) is 42.8 Å². The molecule has 2 aromatic carbocycles. The quantitative estimate of drug-likeness (QED) is 0.224. The van der Waals surface area contributed by atoms with Crippen LogP contribution in [0.5, 0.6) is 0 Å². The molecule has 284 valence electrons. The lowest BCUT2D eigenvalue weighted by Crippen LogP contribution is -2.54. The molecule has 2 N–H and O–H groups in total. The van der Waals surface area contributed by atoms with Gasteiger partial charge >= 0.3 is 12.1 Å². The first-order chi connectivity index (χ1) is 25.3. The average molecular weight is 748 g/mol. The zero-order chi connectivity index (χ0) is 38.4. The van der Waals surface area contributed by atoms with Gasteiger partial charge in [0.25, 0.3) is 0 Å². The van der Waals surface area contributed by atoms with Gasteiger partial charge in [0.1, 0.15) is 17.1 Å². The maximum absolute atomic E-state index is 13.5. The Morgan fingerprint density at radius 2 is 1.51 bits per heavy atom. The Morgan fingerprint density at radius 3 is 2.13 bits per heavy atom. The number of ketones is 1. The van der Waals surface area contributed by atoms with Gasteiger partial charge in [-0.05, 0) is 79.5 Å². The number of carbonyl (C=O) groups is 6. The van der Waals surface area contributed by atoms with Crippen molar-refractivity contribution in [1.29, 1.82) is 0 Å². The van der Waals surface area contributed by atoms with Crippen molar-refractivity contribution in [1.82, 2.24) is 20.1 Å². The minimum atomic E-state index is -0.808. The standard InChI is InChI=1S/C39H49N5O8S/c1-22(2)27(21-33(46)51-5)37(48)43-17-7-9-29(43)31(45)19-24-11-16-28-32(20-24)53-36(41-28)25-12-14-26(15-13-25)40-35(47)30-10-8-18-44(30)38(49)34(23(3)4)42-39(50)52-6/h11-16,20,22-23,27,29-30,34H,7-10,17-19,21H2,1-6H3,(H,40,47)(H,42,50)/t27-,29-,30-,34-/m0/s1. The first-order valence-electron chi connectivity index (χ1n) is 18.2. The van der Waals surface area contributed by atoms with Gasteiger partial charge < -0.3 is 29.9 Å². The van der Waals surface area contributed by atoms with Crippen molar-refractivity contribution in [2.24, 2.45) is 17.8 Å². The molecule has 0 bridgehead atoms. The van der Waals surface area contributed by atoms with Crippen LogP contribution < -0.4 is 10.6 Å². The van der Waals surface area contributed by atoms with Crippen LogP contribution in [0.25, 0.3) is 20.8 Å². The highest BCUT2D eigenvalue weighted by Gasteiger charge is 2.40. The summed E-state index contributed by atoms with van der Waals surface area (Å²) in [6, 6.07) is 11.1. The van der Waals surface area contributed by atoms with E-state index in [1.807, 2.05) is 58.0 Å².